The van der Waals surface area contributed by atoms with Gasteiger partial charge in [-0.1, -0.05) is 36.7 Å². The van der Waals surface area contributed by atoms with Gasteiger partial charge >= 0.3 is 0 Å². The molecule has 174 valence electrons. The molecule has 34 heavy (non-hydrogen) atoms. The number of anilines is 4. The maximum Gasteiger partial charge on any atom is 0.233 e. The fourth-order valence-electron chi connectivity index (χ4n) is 4.83. The Morgan fingerprint density at radius 2 is 1.74 bits per heavy atom. The van der Waals surface area contributed by atoms with Crippen molar-refractivity contribution in [1.29, 1.82) is 5.26 Å². The van der Waals surface area contributed by atoms with Crippen molar-refractivity contribution in [3.8, 4) is 6.07 Å². The Morgan fingerprint density at radius 3 is 2.38 bits per heavy atom. The Kier molecular flexibility index (Phi) is 5.63. The van der Waals surface area contributed by atoms with E-state index in [0.29, 0.717) is 38.6 Å². The van der Waals surface area contributed by atoms with Gasteiger partial charge in [0.2, 0.25) is 5.91 Å². The third-order valence-electron chi connectivity index (χ3n) is 6.66. The van der Waals surface area contributed by atoms with E-state index in [2.05, 4.69) is 32.8 Å². The minimum Gasteiger partial charge on any atom is -0.383 e. The van der Waals surface area contributed by atoms with Crippen LogP contribution in [0.1, 0.15) is 23.6 Å². The summed E-state index contributed by atoms with van der Waals surface area (Å²) in [6.45, 7) is 6.60. The van der Waals surface area contributed by atoms with Gasteiger partial charge < -0.3 is 21.3 Å². The van der Waals surface area contributed by atoms with Crippen molar-refractivity contribution in [3.63, 3.8) is 0 Å². The lowest BCUT2D eigenvalue weighted by Gasteiger charge is -2.35. The highest BCUT2D eigenvalue weighted by atomic mass is 35.5. The summed E-state index contributed by atoms with van der Waals surface area (Å²) in [6.07, 6.45) is 0.102. The molecule has 5 rings (SSSR count). The van der Waals surface area contributed by atoms with Gasteiger partial charge in [0.05, 0.1) is 18.4 Å². The lowest BCUT2D eigenvalue weighted by atomic mass is 10.00. The molecule has 9 nitrogen and oxygen atoms in total. The molecule has 0 radical (unpaired) electrons. The summed E-state index contributed by atoms with van der Waals surface area (Å²) in [5, 5.41) is 11.8. The fourth-order valence-corrected chi connectivity index (χ4v) is 5.02. The van der Waals surface area contributed by atoms with Crippen molar-refractivity contribution in [2.75, 3.05) is 54.0 Å². The predicted molar refractivity (Wildman–Crippen MR) is 134 cm³/mol. The first-order valence-electron chi connectivity index (χ1n) is 11.3. The number of carbonyl (C=O) groups is 1. The van der Waals surface area contributed by atoms with Crippen LogP contribution in [0.3, 0.4) is 0 Å². The molecule has 0 bridgehead atoms. The first-order chi connectivity index (χ1) is 16.4. The number of nitrogen functional groups attached to an aromatic ring is 2. The number of halogens is 1. The van der Waals surface area contributed by atoms with E-state index >= 15 is 0 Å². The van der Waals surface area contributed by atoms with Crippen molar-refractivity contribution in [2.24, 2.45) is 0 Å². The van der Waals surface area contributed by atoms with Crippen LogP contribution in [0.25, 0.3) is 10.8 Å². The Morgan fingerprint density at radius 1 is 1.06 bits per heavy atom. The van der Waals surface area contributed by atoms with Crippen molar-refractivity contribution in [3.05, 3.63) is 46.0 Å². The Hall–Kier alpha value is -3.61. The van der Waals surface area contributed by atoms with Crippen molar-refractivity contribution in [1.82, 2.24) is 14.9 Å². The van der Waals surface area contributed by atoms with Crippen LogP contribution in [-0.4, -0.2) is 53.5 Å². The lowest BCUT2D eigenvalue weighted by molar-refractivity contribution is -0.117. The summed E-state index contributed by atoms with van der Waals surface area (Å²) >= 11 is 6.34. The van der Waals surface area contributed by atoms with Gasteiger partial charge in [-0.2, -0.15) is 5.26 Å². The number of pyridine rings is 2. The van der Waals surface area contributed by atoms with Gasteiger partial charge in [0.1, 0.15) is 34.9 Å². The van der Waals surface area contributed by atoms with E-state index in [-0.39, 0.29) is 30.5 Å². The molecule has 2 aliphatic rings. The van der Waals surface area contributed by atoms with Crippen LogP contribution in [-0.2, 0) is 17.8 Å². The van der Waals surface area contributed by atoms with E-state index < -0.39 is 0 Å². The molecule has 0 aliphatic carbocycles. The van der Waals surface area contributed by atoms with Gasteiger partial charge in [-0.25, -0.2) is 9.97 Å². The molecular weight excluding hydrogens is 452 g/mol. The molecule has 4 heterocycles. The molecule has 4 N–H and O–H groups in total. The molecule has 2 aliphatic heterocycles. The maximum atomic E-state index is 13.1. The van der Waals surface area contributed by atoms with Crippen molar-refractivity contribution >= 4 is 51.6 Å². The molecule has 3 aromatic rings. The number of amides is 1. The number of nitrogens with zero attached hydrogens (tertiary/aromatic N) is 6. The van der Waals surface area contributed by atoms with Crippen LogP contribution in [0, 0.1) is 11.3 Å². The molecule has 1 aromatic carbocycles. The summed E-state index contributed by atoms with van der Waals surface area (Å²) in [5.74, 6) is 1.21. The highest BCUT2D eigenvalue weighted by molar-refractivity contribution is 6.31. The maximum absolute atomic E-state index is 13.1. The molecule has 1 fully saturated rings. The molecule has 1 saturated heterocycles. The lowest BCUT2D eigenvalue weighted by Crippen LogP contribution is -2.46. The quantitative estimate of drug-likeness (QED) is 0.587. The number of fused-ring (bicyclic) bond motifs is 3. The summed E-state index contributed by atoms with van der Waals surface area (Å²) < 4.78 is 0. The van der Waals surface area contributed by atoms with Crippen molar-refractivity contribution < 1.29 is 4.79 Å². The number of hydrogen-bond acceptors (Lipinski definition) is 8. The Balaban J connectivity index is 1.66. The summed E-state index contributed by atoms with van der Waals surface area (Å²) in [4.78, 5) is 28.2. The molecule has 0 saturated carbocycles. The number of likely N-dealkylation sites (N-methyl/N-ethyl adjacent to an activating group) is 1. The zero-order chi connectivity index (χ0) is 24.0. The largest absolute Gasteiger partial charge is 0.383 e. The summed E-state index contributed by atoms with van der Waals surface area (Å²) in [7, 11) is 0. The van der Waals surface area contributed by atoms with Crippen LogP contribution < -0.4 is 21.3 Å². The highest BCUT2D eigenvalue weighted by Crippen LogP contribution is 2.42. The van der Waals surface area contributed by atoms with E-state index in [4.69, 9.17) is 23.1 Å². The minimum atomic E-state index is -0.133. The number of piperazine rings is 1. The SMILES string of the molecule is CCN1CCN(c2nc(N)c3c(N)nc4c(c3c2C#N)CC(=O)N4Cc2ccccc2Cl)CC1. The second kappa shape index (κ2) is 8.63. The zero-order valence-corrected chi connectivity index (χ0v) is 19.6. The highest BCUT2D eigenvalue weighted by Gasteiger charge is 2.35. The van der Waals surface area contributed by atoms with Gasteiger partial charge in [-0.3, -0.25) is 9.69 Å². The van der Waals surface area contributed by atoms with E-state index in [1.165, 1.54) is 0 Å². The molecule has 0 atom stereocenters. The van der Waals surface area contributed by atoms with Crippen LogP contribution in [0.4, 0.5) is 23.3 Å². The monoisotopic (exact) mass is 476 g/mol. The van der Waals surface area contributed by atoms with E-state index in [1.54, 1.807) is 11.0 Å². The number of aromatic nitrogens is 2. The van der Waals surface area contributed by atoms with Gasteiger partial charge in [0.15, 0.2) is 0 Å². The third-order valence-corrected chi connectivity index (χ3v) is 7.03. The second-order valence-electron chi connectivity index (χ2n) is 8.53. The summed E-state index contributed by atoms with van der Waals surface area (Å²) in [5.41, 5.74) is 14.5. The van der Waals surface area contributed by atoms with Crippen molar-refractivity contribution in [2.45, 2.75) is 19.9 Å². The third kappa shape index (κ3) is 3.56. The number of nitriles is 1. The Bertz CT molecular complexity index is 1340. The number of carbonyl (C=O) groups excluding carboxylic acids is 1. The second-order valence-corrected chi connectivity index (χ2v) is 8.93. The van der Waals surface area contributed by atoms with Crippen LogP contribution in [0.5, 0.6) is 0 Å². The average Bonchev–Trinajstić information content (AvgIpc) is 3.15. The fraction of sp³-hybridized carbons (Fsp3) is 0.333. The smallest absolute Gasteiger partial charge is 0.233 e. The van der Waals surface area contributed by atoms with Gasteiger partial charge in [0.25, 0.3) is 0 Å². The normalized spacial score (nSPS) is 16.2. The zero-order valence-electron chi connectivity index (χ0n) is 18.9. The molecular formula is C24H25ClN8O. The molecule has 10 heteroatoms. The first-order valence-corrected chi connectivity index (χ1v) is 11.6. The number of rotatable bonds is 4. The predicted octanol–water partition coefficient (Wildman–Crippen LogP) is 2.55. The Labute approximate surface area is 202 Å². The van der Waals surface area contributed by atoms with Gasteiger partial charge in [-0.05, 0) is 18.2 Å². The molecule has 1 amide bonds. The van der Waals surface area contributed by atoms with Crippen LogP contribution in [0.15, 0.2) is 24.3 Å². The average molecular weight is 477 g/mol. The van der Waals surface area contributed by atoms with Crippen LogP contribution >= 0.6 is 11.6 Å². The van der Waals surface area contributed by atoms with Crippen LogP contribution in [0.2, 0.25) is 5.02 Å². The van der Waals surface area contributed by atoms with E-state index in [9.17, 15) is 10.1 Å². The standard InChI is InChI=1S/C24H25ClN8O/c1-2-31-7-9-32(10-8-31)23-16(12-26)19-15-11-18(34)33(13-14-5-3-4-6-17(14)25)24(15)30-22(28)20(19)21(27)29-23/h3-6H,2,7-11,13H2,1H3,(H2,27,29)(H2,28,30). The first kappa shape index (κ1) is 22.2. The number of benzene rings is 1. The molecule has 2 aromatic heterocycles. The summed E-state index contributed by atoms with van der Waals surface area (Å²) in [6, 6.07) is 9.69. The molecule has 0 spiro atoms. The van der Waals surface area contributed by atoms with Gasteiger partial charge in [-0.15, -0.1) is 0 Å². The molecule has 0 unspecified atom stereocenters. The number of hydrogen-bond donors (Lipinski definition) is 2. The van der Waals surface area contributed by atoms with Gasteiger partial charge in [0, 0.05) is 42.2 Å². The van der Waals surface area contributed by atoms with E-state index in [1.807, 2.05) is 18.2 Å². The van der Waals surface area contributed by atoms with E-state index in [0.717, 1.165) is 38.3 Å². The minimum absolute atomic E-state index is 0.102. The topological polar surface area (TPSA) is 128 Å². The number of nitrogens with two attached hydrogens (primary N) is 2.